The highest BCUT2D eigenvalue weighted by Crippen LogP contribution is 2.43. The Balaban J connectivity index is 0.791. The van der Waals surface area contributed by atoms with E-state index in [1.807, 2.05) is 12.1 Å². The Morgan fingerprint density at radius 2 is 0.625 bits per heavy atom. The van der Waals surface area contributed by atoms with Crippen LogP contribution < -0.4 is 0 Å². The van der Waals surface area contributed by atoms with Crippen molar-refractivity contribution in [3.8, 4) is 68.7 Å². The van der Waals surface area contributed by atoms with Gasteiger partial charge < -0.3 is 13.7 Å². The SMILES string of the molecule is N#Cc1cc(C#N)cc(-c2nc(-n3c4ccccc4c4cc(-c5ccc6c(c5)c5ccccc5n6-c5ccccc5)ccc43)nc3c2ccc2cc(-n4c5ccccc5c5cc(-c6ccc7c(c6)c6ccccc6n7-c6ccccc6)ccc54)ccc23)c1. The number of aromatic nitrogens is 6. The lowest BCUT2D eigenvalue weighted by Gasteiger charge is -2.15. The van der Waals surface area contributed by atoms with E-state index in [1.54, 1.807) is 6.07 Å². The fourth-order valence-electron chi connectivity index (χ4n) is 14.1. The molecule has 18 rings (SSSR count). The summed E-state index contributed by atoms with van der Waals surface area (Å²) in [5.74, 6) is 0.480. The summed E-state index contributed by atoms with van der Waals surface area (Å²) in [4.78, 5) is 11.0. The minimum Gasteiger partial charge on any atom is -0.309 e. The molecule has 0 N–H and O–H groups in total. The zero-order valence-electron chi connectivity index (χ0n) is 47.1. The molecule has 5 heterocycles. The van der Waals surface area contributed by atoms with Crippen molar-refractivity contribution in [2.24, 2.45) is 0 Å². The minimum absolute atomic E-state index is 0.381. The van der Waals surface area contributed by atoms with E-state index >= 15 is 0 Å². The van der Waals surface area contributed by atoms with Gasteiger partial charge in [-0.1, -0.05) is 146 Å². The molecule has 0 saturated carbocycles. The Kier molecular flexibility index (Phi) is 10.6. The fraction of sp³-hybridized carbons (Fsp3) is 0. The quantitative estimate of drug-likeness (QED) is 0.149. The Morgan fingerprint density at radius 1 is 0.250 bits per heavy atom. The third-order valence-corrected chi connectivity index (χ3v) is 18.0. The molecule has 88 heavy (non-hydrogen) atoms. The summed E-state index contributed by atoms with van der Waals surface area (Å²) in [5.41, 5.74) is 19.4. The molecular formula is C80H46N8. The van der Waals surface area contributed by atoms with Crippen molar-refractivity contribution in [2.75, 3.05) is 0 Å². The van der Waals surface area contributed by atoms with Crippen LogP contribution >= 0.6 is 0 Å². The second kappa shape index (κ2) is 19.1. The molecule has 0 aliphatic rings. The van der Waals surface area contributed by atoms with E-state index in [4.69, 9.17) is 9.97 Å². The first-order valence-electron chi connectivity index (χ1n) is 29.5. The lowest BCUT2D eigenvalue weighted by molar-refractivity contribution is 1.02. The summed E-state index contributed by atoms with van der Waals surface area (Å²) in [6.45, 7) is 0. The molecule has 0 spiro atoms. The van der Waals surface area contributed by atoms with Crippen LogP contribution in [0.4, 0.5) is 0 Å². The average molecular weight is 1120 g/mol. The van der Waals surface area contributed by atoms with Crippen molar-refractivity contribution in [2.45, 2.75) is 0 Å². The first kappa shape index (κ1) is 49.1. The molecule has 406 valence electrons. The topological polar surface area (TPSA) is 93.1 Å². The van der Waals surface area contributed by atoms with Gasteiger partial charge in [0, 0.05) is 76.5 Å². The van der Waals surface area contributed by atoms with Crippen LogP contribution in [0.3, 0.4) is 0 Å². The molecule has 0 fully saturated rings. The number of fused-ring (bicyclic) bond motifs is 15. The predicted octanol–water partition coefficient (Wildman–Crippen LogP) is 19.9. The highest BCUT2D eigenvalue weighted by atomic mass is 15.2. The lowest BCUT2D eigenvalue weighted by Crippen LogP contribution is -2.04. The highest BCUT2D eigenvalue weighted by molar-refractivity contribution is 6.16. The van der Waals surface area contributed by atoms with E-state index in [-0.39, 0.29) is 0 Å². The van der Waals surface area contributed by atoms with E-state index in [9.17, 15) is 10.5 Å². The van der Waals surface area contributed by atoms with Gasteiger partial charge >= 0.3 is 0 Å². The molecule has 0 saturated heterocycles. The van der Waals surface area contributed by atoms with Crippen LogP contribution in [0.5, 0.6) is 0 Å². The highest BCUT2D eigenvalue weighted by Gasteiger charge is 2.23. The summed E-state index contributed by atoms with van der Waals surface area (Å²) >= 11 is 0. The van der Waals surface area contributed by atoms with Gasteiger partial charge in [-0.2, -0.15) is 10.5 Å². The Labute approximate surface area is 503 Å². The van der Waals surface area contributed by atoms with Crippen LogP contribution in [-0.4, -0.2) is 28.2 Å². The first-order valence-corrected chi connectivity index (χ1v) is 29.5. The second-order valence-electron chi connectivity index (χ2n) is 22.8. The molecule has 0 aliphatic carbocycles. The molecule has 0 bridgehead atoms. The van der Waals surface area contributed by atoms with Crippen LogP contribution in [0.15, 0.2) is 279 Å². The Hall–Kier alpha value is -12.4. The van der Waals surface area contributed by atoms with E-state index in [0.29, 0.717) is 28.3 Å². The number of nitrogens with zero attached hydrogens (tertiary/aromatic N) is 8. The summed E-state index contributed by atoms with van der Waals surface area (Å²) < 4.78 is 9.24. The van der Waals surface area contributed by atoms with Crippen molar-refractivity contribution in [1.29, 1.82) is 10.5 Å². The molecule has 8 heteroatoms. The smallest absolute Gasteiger partial charge is 0.235 e. The minimum atomic E-state index is 0.381. The fourth-order valence-corrected chi connectivity index (χ4v) is 14.1. The zero-order chi connectivity index (χ0) is 58.1. The number of hydrogen-bond acceptors (Lipinski definition) is 4. The molecule has 5 aromatic heterocycles. The summed E-state index contributed by atoms with van der Waals surface area (Å²) in [6.07, 6.45) is 0. The van der Waals surface area contributed by atoms with Crippen molar-refractivity contribution in [1.82, 2.24) is 28.2 Å². The number of nitriles is 2. The van der Waals surface area contributed by atoms with Crippen LogP contribution in [0.1, 0.15) is 11.1 Å². The maximum absolute atomic E-state index is 10.3. The van der Waals surface area contributed by atoms with Gasteiger partial charge in [0.2, 0.25) is 5.95 Å². The monoisotopic (exact) mass is 1120 g/mol. The predicted molar refractivity (Wildman–Crippen MR) is 360 cm³/mol. The van der Waals surface area contributed by atoms with Gasteiger partial charge in [-0.25, -0.2) is 9.97 Å². The van der Waals surface area contributed by atoms with Gasteiger partial charge in [-0.3, -0.25) is 4.57 Å². The molecule has 0 atom stereocenters. The normalized spacial score (nSPS) is 11.8. The van der Waals surface area contributed by atoms with Crippen molar-refractivity contribution >= 4 is 109 Å². The molecule has 0 aliphatic heterocycles. The van der Waals surface area contributed by atoms with Crippen LogP contribution in [0.2, 0.25) is 0 Å². The summed E-state index contributed by atoms with van der Waals surface area (Å²) in [6, 6.07) is 104. The van der Waals surface area contributed by atoms with Gasteiger partial charge in [0.15, 0.2) is 0 Å². The Morgan fingerprint density at radius 3 is 1.07 bits per heavy atom. The molecular weight excluding hydrogens is 1070 g/mol. The number of rotatable bonds is 7. The van der Waals surface area contributed by atoms with Gasteiger partial charge in [-0.15, -0.1) is 0 Å². The Bertz CT molecular complexity index is 6050. The third kappa shape index (κ3) is 7.37. The van der Waals surface area contributed by atoms with Crippen molar-refractivity contribution < 1.29 is 0 Å². The standard InChI is InChI=1S/C80H46N8/c81-47-49-39-50(48-82)41-56(40-49)78-65-33-27-55-42-59(87-72-25-13-9-21-63(72)68-45-53(30-37-76(68)87)51-28-35-74-66(43-51)61-19-7-11-23-70(61)85(74)57-15-3-1-4-16-57)32-34-60(55)79(65)84-80(83-78)88-73-26-14-10-22-64(73)69-46-54(31-38-77(69)88)52-29-36-75-67(44-52)62-20-8-12-24-71(62)86(75)58-17-5-2-6-18-58/h1-46H. The van der Waals surface area contributed by atoms with E-state index in [2.05, 4.69) is 291 Å². The maximum atomic E-state index is 10.3. The van der Waals surface area contributed by atoms with Crippen LogP contribution in [0, 0.1) is 22.7 Å². The molecule has 0 radical (unpaired) electrons. The van der Waals surface area contributed by atoms with Gasteiger partial charge in [0.1, 0.15) is 0 Å². The molecule has 13 aromatic carbocycles. The molecule has 8 nitrogen and oxygen atoms in total. The van der Waals surface area contributed by atoms with Crippen LogP contribution in [-0.2, 0) is 0 Å². The average Bonchev–Trinajstić information content (AvgIpc) is 1.96. The van der Waals surface area contributed by atoms with Gasteiger partial charge in [0.05, 0.1) is 78.6 Å². The summed E-state index contributed by atoms with van der Waals surface area (Å²) in [7, 11) is 0. The number of benzene rings is 13. The van der Waals surface area contributed by atoms with Crippen LogP contribution in [0.25, 0.3) is 165 Å². The maximum Gasteiger partial charge on any atom is 0.235 e. The zero-order valence-corrected chi connectivity index (χ0v) is 47.1. The van der Waals surface area contributed by atoms with E-state index < -0.39 is 0 Å². The summed E-state index contributed by atoms with van der Waals surface area (Å²) in [5, 5.41) is 32.6. The third-order valence-electron chi connectivity index (χ3n) is 18.0. The molecule has 0 unspecified atom stereocenters. The van der Waals surface area contributed by atoms with E-state index in [1.165, 1.54) is 48.9 Å². The number of hydrogen-bond donors (Lipinski definition) is 0. The molecule has 0 amide bonds. The van der Waals surface area contributed by atoms with Crippen molar-refractivity contribution in [3.05, 3.63) is 290 Å². The van der Waals surface area contributed by atoms with Crippen molar-refractivity contribution in [3.63, 3.8) is 0 Å². The second-order valence-corrected chi connectivity index (χ2v) is 22.8. The number of para-hydroxylation sites is 6. The van der Waals surface area contributed by atoms with Gasteiger partial charge in [0.25, 0.3) is 0 Å². The lowest BCUT2D eigenvalue weighted by atomic mass is 9.99. The molecule has 18 aromatic rings. The van der Waals surface area contributed by atoms with Gasteiger partial charge in [-0.05, 0) is 161 Å². The van der Waals surface area contributed by atoms with E-state index in [0.717, 1.165) is 99.3 Å². The largest absolute Gasteiger partial charge is 0.309 e. The first-order chi connectivity index (χ1) is 43.5.